The van der Waals surface area contributed by atoms with Crippen LogP contribution >= 0.6 is 0 Å². The lowest BCUT2D eigenvalue weighted by molar-refractivity contribution is 0.0976. The van der Waals surface area contributed by atoms with Gasteiger partial charge in [-0.2, -0.15) is 0 Å². The van der Waals surface area contributed by atoms with Crippen LogP contribution in [0.15, 0.2) is 42.4 Å². The fourth-order valence-electron chi connectivity index (χ4n) is 1.33. The van der Waals surface area contributed by atoms with Crippen molar-refractivity contribution in [2.24, 2.45) is 0 Å². The zero-order chi connectivity index (χ0) is 15.7. The minimum absolute atomic E-state index is 0.309. The number of hydrogen-bond acceptors (Lipinski definition) is 3. The van der Waals surface area contributed by atoms with Gasteiger partial charge in [0, 0.05) is 18.3 Å². The third-order valence-corrected chi connectivity index (χ3v) is 2.38. The van der Waals surface area contributed by atoms with E-state index in [9.17, 15) is 14.0 Å². The topological polar surface area (TPSA) is 94.1 Å². The Hall–Kier alpha value is -2.70. The van der Waals surface area contributed by atoms with Crippen LogP contribution in [0.5, 0.6) is 0 Å². The van der Waals surface area contributed by atoms with Gasteiger partial charge < -0.3 is 16.0 Å². The smallest absolute Gasteiger partial charge is 0.318 e. The summed E-state index contributed by atoms with van der Waals surface area (Å²) in [4.78, 5) is 22.9. The zero-order valence-electron chi connectivity index (χ0n) is 11.6. The first-order chi connectivity index (χ1) is 10.0. The van der Waals surface area contributed by atoms with Crippen molar-refractivity contribution in [3.8, 4) is 0 Å². The highest BCUT2D eigenvalue weighted by Gasteiger charge is 2.11. The van der Waals surface area contributed by atoms with Crippen molar-refractivity contribution in [2.75, 3.05) is 6.54 Å². The van der Waals surface area contributed by atoms with E-state index in [0.717, 1.165) is 12.6 Å². The van der Waals surface area contributed by atoms with Gasteiger partial charge in [0.05, 0.1) is 0 Å². The van der Waals surface area contributed by atoms with E-state index in [-0.39, 0.29) is 0 Å². The van der Waals surface area contributed by atoms with Crippen molar-refractivity contribution in [3.63, 3.8) is 0 Å². The maximum atomic E-state index is 13.5. The molecule has 0 bridgehead atoms. The number of nitrogens with one attached hydrogen (secondary N) is 4. The molecule has 3 amide bonds. The quantitative estimate of drug-likeness (QED) is 0.493. The van der Waals surface area contributed by atoms with Gasteiger partial charge in [-0.1, -0.05) is 25.1 Å². The standard InChI is InChI=1S/C14H17FN4O2/c1-2-8-17-14(21)18-9-11(15)12(16)19-13(20)10-6-4-3-5-7-10/h3-7,9H,2,8H2,1H3,(H2,16,19,20)(H2,17,18,21)/b11-9+. The molecule has 0 aromatic heterocycles. The van der Waals surface area contributed by atoms with Gasteiger partial charge in [-0.05, 0) is 18.6 Å². The number of amides is 3. The van der Waals surface area contributed by atoms with Crippen LogP contribution in [0.1, 0.15) is 23.7 Å². The fraction of sp³-hybridized carbons (Fsp3) is 0.214. The highest BCUT2D eigenvalue weighted by Crippen LogP contribution is 2.00. The molecule has 0 aliphatic rings. The average Bonchev–Trinajstić information content (AvgIpc) is 2.51. The fourth-order valence-corrected chi connectivity index (χ4v) is 1.33. The Morgan fingerprint density at radius 1 is 1.29 bits per heavy atom. The van der Waals surface area contributed by atoms with Gasteiger partial charge in [0.1, 0.15) is 0 Å². The Morgan fingerprint density at radius 2 is 1.95 bits per heavy atom. The number of urea groups is 1. The molecule has 21 heavy (non-hydrogen) atoms. The number of carbonyl (C=O) groups is 2. The lowest BCUT2D eigenvalue weighted by Gasteiger charge is -2.06. The molecule has 0 aliphatic carbocycles. The summed E-state index contributed by atoms with van der Waals surface area (Å²) in [6.45, 7) is 2.34. The summed E-state index contributed by atoms with van der Waals surface area (Å²) in [7, 11) is 0. The molecule has 0 radical (unpaired) electrons. The number of rotatable bonds is 5. The summed E-state index contributed by atoms with van der Waals surface area (Å²) < 4.78 is 13.5. The molecule has 6 nitrogen and oxygen atoms in total. The van der Waals surface area contributed by atoms with E-state index in [0.29, 0.717) is 12.1 Å². The minimum atomic E-state index is -1.05. The van der Waals surface area contributed by atoms with Gasteiger partial charge in [0.2, 0.25) is 0 Å². The Kier molecular flexibility index (Phi) is 6.59. The van der Waals surface area contributed by atoms with Crippen molar-refractivity contribution in [3.05, 3.63) is 47.9 Å². The monoisotopic (exact) mass is 292 g/mol. The van der Waals surface area contributed by atoms with Crippen LogP contribution in [0.25, 0.3) is 0 Å². The van der Waals surface area contributed by atoms with Crippen molar-refractivity contribution < 1.29 is 14.0 Å². The van der Waals surface area contributed by atoms with Crippen LogP contribution in [0.3, 0.4) is 0 Å². The Morgan fingerprint density at radius 3 is 2.57 bits per heavy atom. The first-order valence-corrected chi connectivity index (χ1v) is 6.40. The van der Waals surface area contributed by atoms with Gasteiger partial charge in [-0.25, -0.2) is 9.18 Å². The molecule has 0 unspecified atom stereocenters. The normalized spacial score (nSPS) is 10.7. The molecule has 7 heteroatoms. The van der Waals surface area contributed by atoms with Gasteiger partial charge >= 0.3 is 6.03 Å². The van der Waals surface area contributed by atoms with Crippen LogP contribution in [-0.4, -0.2) is 24.3 Å². The Bertz CT molecular complexity index is 543. The van der Waals surface area contributed by atoms with E-state index in [2.05, 4.69) is 16.0 Å². The summed E-state index contributed by atoms with van der Waals surface area (Å²) in [5.41, 5.74) is 0.309. The highest BCUT2D eigenvalue weighted by molar-refractivity contribution is 6.10. The molecule has 1 rings (SSSR count). The first-order valence-electron chi connectivity index (χ1n) is 6.40. The molecule has 4 N–H and O–H groups in total. The average molecular weight is 292 g/mol. The van der Waals surface area contributed by atoms with Gasteiger partial charge in [-0.15, -0.1) is 0 Å². The second-order valence-electron chi connectivity index (χ2n) is 4.09. The van der Waals surface area contributed by atoms with E-state index < -0.39 is 23.6 Å². The Balaban J connectivity index is 2.51. The number of hydrogen-bond donors (Lipinski definition) is 4. The molecule has 0 saturated carbocycles. The van der Waals surface area contributed by atoms with Gasteiger partial charge in [0.15, 0.2) is 11.7 Å². The molecular formula is C14H17FN4O2. The number of carbonyl (C=O) groups excluding carboxylic acids is 2. The van der Waals surface area contributed by atoms with Crippen LogP contribution in [0.4, 0.5) is 9.18 Å². The predicted octanol–water partition coefficient (Wildman–Crippen LogP) is 1.91. The third-order valence-electron chi connectivity index (χ3n) is 2.38. The molecule has 1 aromatic carbocycles. The summed E-state index contributed by atoms with van der Waals surface area (Å²) >= 11 is 0. The first kappa shape index (κ1) is 16.4. The summed E-state index contributed by atoms with van der Waals surface area (Å²) in [5.74, 6) is -2.37. The van der Waals surface area contributed by atoms with Crippen molar-refractivity contribution >= 4 is 17.8 Å². The SMILES string of the molecule is CCCNC(=O)N/C=C(/F)C(=N)NC(=O)c1ccccc1. The van der Waals surface area contributed by atoms with Crippen molar-refractivity contribution in [1.29, 1.82) is 5.41 Å². The lowest BCUT2D eigenvalue weighted by Crippen LogP contribution is -2.34. The van der Waals surface area contributed by atoms with Crippen molar-refractivity contribution in [2.45, 2.75) is 13.3 Å². The third kappa shape index (κ3) is 5.85. The van der Waals surface area contributed by atoms with E-state index in [4.69, 9.17) is 5.41 Å². The Labute approximate surface area is 121 Å². The summed E-state index contributed by atoms with van der Waals surface area (Å²) in [6, 6.07) is 7.56. The van der Waals surface area contributed by atoms with Crippen LogP contribution in [-0.2, 0) is 0 Å². The molecule has 1 aromatic rings. The van der Waals surface area contributed by atoms with Gasteiger partial charge in [0.25, 0.3) is 5.91 Å². The second-order valence-corrected chi connectivity index (χ2v) is 4.09. The largest absolute Gasteiger partial charge is 0.338 e. The van der Waals surface area contributed by atoms with Crippen LogP contribution in [0, 0.1) is 5.41 Å². The maximum absolute atomic E-state index is 13.5. The molecule has 0 spiro atoms. The molecule has 112 valence electrons. The minimum Gasteiger partial charge on any atom is -0.338 e. The molecule has 0 saturated heterocycles. The lowest BCUT2D eigenvalue weighted by atomic mass is 10.2. The molecule has 0 fully saturated rings. The maximum Gasteiger partial charge on any atom is 0.318 e. The molecule has 0 heterocycles. The number of benzene rings is 1. The summed E-state index contributed by atoms with van der Waals surface area (Å²) in [6.07, 6.45) is 1.47. The van der Waals surface area contributed by atoms with Crippen LogP contribution < -0.4 is 16.0 Å². The molecular weight excluding hydrogens is 275 g/mol. The number of halogens is 1. The predicted molar refractivity (Wildman–Crippen MR) is 77.7 cm³/mol. The highest BCUT2D eigenvalue weighted by atomic mass is 19.1. The van der Waals surface area contributed by atoms with Crippen molar-refractivity contribution in [1.82, 2.24) is 16.0 Å². The molecule has 0 atom stereocenters. The number of amidine groups is 1. The summed E-state index contributed by atoms with van der Waals surface area (Å²) in [5, 5.41) is 14.1. The van der Waals surface area contributed by atoms with Gasteiger partial charge in [-0.3, -0.25) is 10.2 Å². The molecule has 0 aliphatic heterocycles. The van der Waals surface area contributed by atoms with E-state index in [1.165, 1.54) is 0 Å². The van der Waals surface area contributed by atoms with E-state index in [1.54, 1.807) is 30.3 Å². The second kappa shape index (κ2) is 8.47. The van der Waals surface area contributed by atoms with E-state index >= 15 is 0 Å². The van der Waals surface area contributed by atoms with Crippen LogP contribution in [0.2, 0.25) is 0 Å². The van der Waals surface area contributed by atoms with E-state index in [1.807, 2.05) is 6.92 Å². The zero-order valence-corrected chi connectivity index (χ0v) is 11.6.